The molecular formula is C42H44O18. The van der Waals surface area contributed by atoms with E-state index < -0.39 is 116 Å². The highest BCUT2D eigenvalue weighted by Crippen LogP contribution is 2.34. The molecule has 2 saturated heterocycles. The highest BCUT2D eigenvalue weighted by Gasteiger charge is 2.56. The number of carbonyl (C=O) groups is 7. The summed E-state index contributed by atoms with van der Waals surface area (Å²) in [6.07, 6.45) is -15.5. The molecule has 2 heterocycles. The SMILES string of the molecule is CO[C@H]1O[C@H](CO[C@@H]2O[C@H](COC(C)=O)[C@@H](OC(C)=O)[C@H](OC(C)=O)[C@H]2OC(C)=O)[C@@H](OC(=O)c2ccccc2)[C@H](OC(=O)c2ccccc2)[C@H]1OC(=O)c1ccccc1. The quantitative estimate of drug-likeness (QED) is 0.158. The molecule has 5 rings (SSSR count). The Bertz CT molecular complexity index is 1960. The van der Waals surface area contributed by atoms with Crippen molar-refractivity contribution < 1.29 is 85.7 Å². The predicted octanol–water partition coefficient (Wildman–Crippen LogP) is 3.13. The summed E-state index contributed by atoms with van der Waals surface area (Å²) in [6, 6.07) is 23.6. The van der Waals surface area contributed by atoms with E-state index in [0.29, 0.717) is 0 Å². The van der Waals surface area contributed by atoms with E-state index in [0.717, 1.165) is 27.7 Å². The third-order valence-electron chi connectivity index (χ3n) is 8.95. The van der Waals surface area contributed by atoms with Gasteiger partial charge in [0.2, 0.25) is 0 Å². The van der Waals surface area contributed by atoms with Gasteiger partial charge in [0, 0.05) is 34.8 Å². The van der Waals surface area contributed by atoms with Gasteiger partial charge < -0.3 is 52.1 Å². The van der Waals surface area contributed by atoms with Crippen molar-refractivity contribution in [3.63, 3.8) is 0 Å². The molecule has 10 atom stereocenters. The van der Waals surface area contributed by atoms with Crippen molar-refractivity contribution in [1.29, 1.82) is 0 Å². The predicted molar refractivity (Wildman–Crippen MR) is 201 cm³/mol. The molecule has 18 nitrogen and oxygen atoms in total. The molecule has 2 aliphatic heterocycles. The third-order valence-corrected chi connectivity index (χ3v) is 8.95. The summed E-state index contributed by atoms with van der Waals surface area (Å²) < 4.78 is 63.7. The molecule has 0 saturated carbocycles. The Morgan fingerprint density at radius 2 is 0.783 bits per heavy atom. The second kappa shape index (κ2) is 21.2. The second-order valence-electron chi connectivity index (χ2n) is 13.4. The molecule has 3 aromatic carbocycles. The molecule has 60 heavy (non-hydrogen) atoms. The molecule has 0 N–H and O–H groups in total. The van der Waals surface area contributed by atoms with Crippen LogP contribution in [0.25, 0.3) is 0 Å². The van der Waals surface area contributed by atoms with Crippen LogP contribution in [0.3, 0.4) is 0 Å². The summed E-state index contributed by atoms with van der Waals surface area (Å²) in [5, 5.41) is 0. The van der Waals surface area contributed by atoms with Crippen molar-refractivity contribution in [3.8, 4) is 0 Å². The first-order valence-electron chi connectivity index (χ1n) is 18.6. The third kappa shape index (κ3) is 11.9. The minimum Gasteiger partial charge on any atom is -0.463 e. The van der Waals surface area contributed by atoms with Crippen molar-refractivity contribution in [2.24, 2.45) is 0 Å². The number of hydrogen-bond acceptors (Lipinski definition) is 18. The van der Waals surface area contributed by atoms with Gasteiger partial charge in [0.05, 0.1) is 23.3 Å². The lowest BCUT2D eigenvalue weighted by Crippen LogP contribution is -2.65. The number of benzene rings is 3. The zero-order valence-corrected chi connectivity index (χ0v) is 33.2. The minimum absolute atomic E-state index is 0.0941. The Morgan fingerprint density at radius 3 is 1.23 bits per heavy atom. The highest BCUT2D eigenvalue weighted by atomic mass is 16.8. The van der Waals surface area contributed by atoms with Crippen LogP contribution in [0, 0.1) is 0 Å². The molecule has 18 heteroatoms. The van der Waals surface area contributed by atoms with Gasteiger partial charge in [0.25, 0.3) is 0 Å². The maximum atomic E-state index is 13.8. The van der Waals surface area contributed by atoms with Crippen molar-refractivity contribution in [3.05, 3.63) is 108 Å². The van der Waals surface area contributed by atoms with Crippen molar-refractivity contribution >= 4 is 41.8 Å². The van der Waals surface area contributed by atoms with Crippen LogP contribution in [0.1, 0.15) is 58.8 Å². The summed E-state index contributed by atoms with van der Waals surface area (Å²) >= 11 is 0. The monoisotopic (exact) mass is 836 g/mol. The van der Waals surface area contributed by atoms with E-state index in [-0.39, 0.29) is 16.7 Å². The van der Waals surface area contributed by atoms with E-state index in [2.05, 4.69) is 0 Å². The Kier molecular flexibility index (Phi) is 15.8. The molecule has 0 spiro atoms. The number of methoxy groups -OCH3 is 1. The number of hydrogen-bond donors (Lipinski definition) is 0. The number of esters is 7. The van der Waals surface area contributed by atoms with Crippen LogP contribution >= 0.6 is 0 Å². The van der Waals surface area contributed by atoms with Gasteiger partial charge >= 0.3 is 41.8 Å². The first-order valence-corrected chi connectivity index (χ1v) is 18.6. The molecule has 0 aromatic heterocycles. The Morgan fingerprint density at radius 1 is 0.433 bits per heavy atom. The molecule has 0 amide bonds. The Balaban J connectivity index is 1.55. The van der Waals surface area contributed by atoms with Crippen molar-refractivity contribution in [1.82, 2.24) is 0 Å². The van der Waals surface area contributed by atoms with Crippen LogP contribution in [0.4, 0.5) is 0 Å². The fourth-order valence-electron chi connectivity index (χ4n) is 6.41. The summed E-state index contributed by atoms with van der Waals surface area (Å²) in [4.78, 5) is 90.0. The van der Waals surface area contributed by atoms with Crippen molar-refractivity contribution in [2.75, 3.05) is 20.3 Å². The van der Waals surface area contributed by atoms with E-state index in [1.165, 1.54) is 43.5 Å². The fraction of sp³-hybridized carbons (Fsp3) is 0.405. The Hall–Kier alpha value is -6.21. The Labute approximate surface area is 344 Å². The number of rotatable bonds is 15. The lowest BCUT2D eigenvalue weighted by molar-refractivity contribution is -0.329. The van der Waals surface area contributed by atoms with Gasteiger partial charge in [-0.3, -0.25) is 19.2 Å². The van der Waals surface area contributed by atoms with Crippen LogP contribution in [0.15, 0.2) is 91.0 Å². The number of ether oxygens (including phenoxy) is 11. The highest BCUT2D eigenvalue weighted by molar-refractivity contribution is 5.91. The van der Waals surface area contributed by atoms with Gasteiger partial charge in [-0.25, -0.2) is 14.4 Å². The topological polar surface area (TPSA) is 221 Å². The normalized spacial score (nSPS) is 26.0. The van der Waals surface area contributed by atoms with Gasteiger partial charge in [-0.2, -0.15) is 0 Å². The molecule has 3 aromatic rings. The molecule has 0 radical (unpaired) electrons. The molecule has 0 bridgehead atoms. The molecule has 2 aliphatic rings. The maximum Gasteiger partial charge on any atom is 0.338 e. The lowest BCUT2D eigenvalue weighted by atomic mass is 9.97. The summed E-state index contributed by atoms with van der Waals surface area (Å²) in [5.74, 6) is -5.96. The van der Waals surface area contributed by atoms with E-state index in [1.54, 1.807) is 54.6 Å². The molecule has 2 fully saturated rings. The van der Waals surface area contributed by atoms with Gasteiger partial charge in [-0.1, -0.05) is 54.6 Å². The van der Waals surface area contributed by atoms with Crippen LogP contribution in [-0.2, 0) is 71.3 Å². The lowest BCUT2D eigenvalue weighted by Gasteiger charge is -2.46. The first kappa shape index (κ1) is 44.9. The zero-order chi connectivity index (χ0) is 43.3. The average Bonchev–Trinajstić information content (AvgIpc) is 3.22. The molecule has 0 aliphatic carbocycles. The standard InChI is InChI=1S/C42H44O18/c1-23(43)51-21-30-32(53-24(2)44)34(54-25(3)45)37(55-26(4)46)42(57-30)52-22-31-33(58-38(47)27-15-9-6-10-16-27)35(59-39(48)28-17-11-7-12-18-28)36(41(50-5)56-31)60-40(49)29-19-13-8-14-20-29/h6-20,30-37,41-42H,21-22H2,1-5H3/t30-,31-,32-,33-,34+,35+,36-,37-,41+,42-/m1/s1. The summed E-state index contributed by atoms with van der Waals surface area (Å²) in [6.45, 7) is 3.14. The summed E-state index contributed by atoms with van der Waals surface area (Å²) in [5.41, 5.74) is 0.327. The van der Waals surface area contributed by atoms with E-state index in [4.69, 9.17) is 52.1 Å². The van der Waals surface area contributed by atoms with Gasteiger partial charge in [-0.05, 0) is 36.4 Å². The van der Waals surface area contributed by atoms with Crippen LogP contribution < -0.4 is 0 Å². The fourth-order valence-corrected chi connectivity index (χ4v) is 6.41. The molecule has 320 valence electrons. The largest absolute Gasteiger partial charge is 0.463 e. The number of carbonyl (C=O) groups excluding carboxylic acids is 7. The van der Waals surface area contributed by atoms with Gasteiger partial charge in [-0.15, -0.1) is 0 Å². The molecule has 0 unspecified atom stereocenters. The van der Waals surface area contributed by atoms with Crippen LogP contribution in [0.2, 0.25) is 0 Å². The average molecular weight is 837 g/mol. The maximum absolute atomic E-state index is 13.8. The minimum atomic E-state index is -1.68. The second-order valence-corrected chi connectivity index (χ2v) is 13.4. The van der Waals surface area contributed by atoms with Gasteiger partial charge in [0.15, 0.2) is 49.2 Å². The van der Waals surface area contributed by atoms with E-state index >= 15 is 0 Å². The molecular weight excluding hydrogens is 792 g/mol. The van der Waals surface area contributed by atoms with E-state index in [1.807, 2.05) is 0 Å². The first-order chi connectivity index (χ1) is 28.7. The zero-order valence-electron chi connectivity index (χ0n) is 33.2. The van der Waals surface area contributed by atoms with E-state index in [9.17, 15) is 33.6 Å². The van der Waals surface area contributed by atoms with Crippen LogP contribution in [0.5, 0.6) is 0 Å². The van der Waals surface area contributed by atoms with Crippen LogP contribution in [-0.4, -0.2) is 124 Å². The smallest absolute Gasteiger partial charge is 0.338 e. The van der Waals surface area contributed by atoms with Gasteiger partial charge in [0.1, 0.15) is 18.8 Å². The van der Waals surface area contributed by atoms with Crippen molar-refractivity contribution in [2.45, 2.75) is 89.1 Å². The summed E-state index contributed by atoms with van der Waals surface area (Å²) in [7, 11) is 1.23.